The summed E-state index contributed by atoms with van der Waals surface area (Å²) in [4.78, 5) is 5.31. The minimum absolute atomic E-state index is 0.141. The van der Waals surface area contributed by atoms with E-state index in [-0.39, 0.29) is 5.41 Å². The molecule has 0 N–H and O–H groups in total. The molecule has 2 heteroatoms. The third-order valence-corrected chi connectivity index (χ3v) is 13.6. The number of para-hydroxylation sites is 1. The van der Waals surface area contributed by atoms with Crippen molar-refractivity contribution < 1.29 is 0 Å². The standard InChI is InChI=1S/C58H42N2/c1-3-58(4-2)51-36-49-45-27-14-12-25-43(45)42-24-11-13-26-44(42)48(49)35-50(51)46-30-31-55-56(57(46)58)47-28-15-16-29-54(47)60(55)41-23-17-22-39(32-41)53-34-40(37-18-7-5-8-19-37)33-52(59-53)38-20-9-6-10-21-38/h5-36H,3-4H2,1-2H3. The summed E-state index contributed by atoms with van der Waals surface area (Å²) in [6.07, 6.45) is 2.03. The van der Waals surface area contributed by atoms with E-state index >= 15 is 0 Å². The topological polar surface area (TPSA) is 17.8 Å². The molecule has 0 saturated carbocycles. The van der Waals surface area contributed by atoms with E-state index in [1.54, 1.807) is 0 Å². The molecule has 60 heavy (non-hydrogen) atoms. The Bertz CT molecular complexity index is 3440. The largest absolute Gasteiger partial charge is 0.309 e. The molecular formula is C58H42N2. The van der Waals surface area contributed by atoms with E-state index in [1.807, 2.05) is 0 Å². The van der Waals surface area contributed by atoms with Gasteiger partial charge in [-0.1, -0.05) is 159 Å². The quantitative estimate of drug-likeness (QED) is 0.154. The van der Waals surface area contributed by atoms with Gasteiger partial charge in [-0.15, -0.1) is 0 Å². The van der Waals surface area contributed by atoms with Gasteiger partial charge in [0.05, 0.1) is 22.4 Å². The summed E-state index contributed by atoms with van der Waals surface area (Å²) in [6.45, 7) is 4.79. The van der Waals surface area contributed by atoms with Crippen molar-refractivity contribution in [2.45, 2.75) is 32.1 Å². The molecule has 9 aromatic carbocycles. The Labute approximate surface area is 350 Å². The highest BCUT2D eigenvalue weighted by molar-refractivity contribution is 6.26. The Kier molecular flexibility index (Phi) is 7.74. The second-order valence-corrected chi connectivity index (χ2v) is 16.5. The van der Waals surface area contributed by atoms with Gasteiger partial charge in [0.15, 0.2) is 0 Å². The van der Waals surface area contributed by atoms with Crippen LogP contribution in [0.4, 0.5) is 0 Å². The lowest BCUT2D eigenvalue weighted by Gasteiger charge is -2.31. The Morgan fingerprint density at radius 3 is 1.62 bits per heavy atom. The van der Waals surface area contributed by atoms with Gasteiger partial charge in [-0.25, -0.2) is 4.98 Å². The Morgan fingerprint density at radius 2 is 0.950 bits per heavy atom. The van der Waals surface area contributed by atoms with Crippen molar-refractivity contribution in [2.75, 3.05) is 0 Å². The number of pyridine rings is 1. The van der Waals surface area contributed by atoms with Crippen LogP contribution < -0.4 is 0 Å². The zero-order valence-corrected chi connectivity index (χ0v) is 33.8. The van der Waals surface area contributed by atoms with Crippen molar-refractivity contribution in [2.24, 2.45) is 0 Å². The van der Waals surface area contributed by atoms with Crippen LogP contribution in [0.25, 0.3) is 105 Å². The summed E-state index contributed by atoms with van der Waals surface area (Å²) in [5, 5.41) is 10.6. The summed E-state index contributed by atoms with van der Waals surface area (Å²) < 4.78 is 2.49. The van der Waals surface area contributed by atoms with Crippen LogP contribution in [0.2, 0.25) is 0 Å². The molecule has 284 valence electrons. The molecule has 0 atom stereocenters. The number of hydrogen-bond donors (Lipinski definition) is 0. The molecule has 0 fully saturated rings. The Balaban J connectivity index is 1.10. The molecule has 0 amide bonds. The van der Waals surface area contributed by atoms with Crippen LogP contribution in [0.5, 0.6) is 0 Å². The molecule has 0 spiro atoms. The number of rotatable bonds is 6. The molecule has 0 aliphatic heterocycles. The predicted octanol–water partition coefficient (Wildman–Crippen LogP) is 15.7. The Morgan fingerprint density at radius 1 is 0.400 bits per heavy atom. The average molecular weight is 767 g/mol. The molecule has 1 aliphatic carbocycles. The number of benzene rings is 9. The maximum atomic E-state index is 5.31. The molecule has 2 aromatic heterocycles. The first-order valence-corrected chi connectivity index (χ1v) is 21.3. The van der Waals surface area contributed by atoms with E-state index in [4.69, 9.17) is 4.98 Å². The van der Waals surface area contributed by atoms with Crippen LogP contribution in [-0.4, -0.2) is 9.55 Å². The second kappa shape index (κ2) is 13.4. The van der Waals surface area contributed by atoms with Crippen molar-refractivity contribution in [1.82, 2.24) is 9.55 Å². The van der Waals surface area contributed by atoms with Crippen molar-refractivity contribution in [3.05, 3.63) is 205 Å². The number of fused-ring (bicyclic) bond motifs is 13. The fraction of sp³-hybridized carbons (Fsp3) is 0.0862. The fourth-order valence-electron chi connectivity index (χ4n) is 10.8. The lowest BCUT2D eigenvalue weighted by atomic mass is 9.72. The molecule has 0 unspecified atom stereocenters. The van der Waals surface area contributed by atoms with Gasteiger partial charge in [0.2, 0.25) is 0 Å². The van der Waals surface area contributed by atoms with E-state index in [0.717, 1.165) is 46.6 Å². The maximum Gasteiger partial charge on any atom is 0.0716 e. The monoisotopic (exact) mass is 766 g/mol. The zero-order valence-electron chi connectivity index (χ0n) is 33.8. The molecule has 11 aromatic rings. The van der Waals surface area contributed by atoms with Gasteiger partial charge >= 0.3 is 0 Å². The summed E-state index contributed by atoms with van der Waals surface area (Å²) in [7, 11) is 0. The van der Waals surface area contributed by atoms with Gasteiger partial charge in [-0.3, -0.25) is 0 Å². The summed E-state index contributed by atoms with van der Waals surface area (Å²) >= 11 is 0. The maximum absolute atomic E-state index is 5.31. The van der Waals surface area contributed by atoms with Gasteiger partial charge in [-0.2, -0.15) is 0 Å². The third-order valence-electron chi connectivity index (χ3n) is 13.6. The van der Waals surface area contributed by atoms with Gasteiger partial charge in [0, 0.05) is 33.0 Å². The highest BCUT2D eigenvalue weighted by atomic mass is 15.0. The van der Waals surface area contributed by atoms with Gasteiger partial charge in [0.1, 0.15) is 0 Å². The summed E-state index contributed by atoms with van der Waals surface area (Å²) in [5.41, 5.74) is 15.6. The lowest BCUT2D eigenvalue weighted by molar-refractivity contribution is 0.495. The van der Waals surface area contributed by atoms with E-state index in [2.05, 4.69) is 213 Å². The summed E-state index contributed by atoms with van der Waals surface area (Å²) in [5.74, 6) is 0. The van der Waals surface area contributed by atoms with E-state index < -0.39 is 0 Å². The molecule has 2 heterocycles. The van der Waals surface area contributed by atoms with E-state index in [1.165, 1.54) is 81.9 Å². The van der Waals surface area contributed by atoms with E-state index in [0.29, 0.717) is 0 Å². The van der Waals surface area contributed by atoms with Gasteiger partial charge in [-0.05, 0) is 127 Å². The minimum atomic E-state index is -0.141. The molecular weight excluding hydrogens is 725 g/mol. The average Bonchev–Trinajstić information content (AvgIpc) is 3.81. The van der Waals surface area contributed by atoms with Crippen molar-refractivity contribution in [3.8, 4) is 50.5 Å². The van der Waals surface area contributed by atoms with Crippen molar-refractivity contribution in [1.29, 1.82) is 0 Å². The second-order valence-electron chi connectivity index (χ2n) is 16.5. The van der Waals surface area contributed by atoms with Crippen LogP contribution in [0.3, 0.4) is 0 Å². The predicted molar refractivity (Wildman–Crippen MR) is 254 cm³/mol. The molecule has 0 radical (unpaired) electrons. The first-order chi connectivity index (χ1) is 29.6. The minimum Gasteiger partial charge on any atom is -0.309 e. The fourth-order valence-corrected chi connectivity index (χ4v) is 10.8. The molecule has 0 saturated heterocycles. The lowest BCUT2D eigenvalue weighted by Crippen LogP contribution is -2.23. The molecule has 0 bridgehead atoms. The molecule has 2 nitrogen and oxygen atoms in total. The van der Waals surface area contributed by atoms with Crippen LogP contribution in [0, 0.1) is 0 Å². The molecule has 1 aliphatic rings. The van der Waals surface area contributed by atoms with Crippen LogP contribution in [0.1, 0.15) is 37.8 Å². The highest BCUT2D eigenvalue weighted by Gasteiger charge is 2.43. The van der Waals surface area contributed by atoms with Gasteiger partial charge < -0.3 is 4.57 Å². The first-order valence-electron chi connectivity index (χ1n) is 21.3. The highest BCUT2D eigenvalue weighted by Crippen LogP contribution is 2.58. The zero-order chi connectivity index (χ0) is 40.0. The van der Waals surface area contributed by atoms with Crippen molar-refractivity contribution in [3.63, 3.8) is 0 Å². The van der Waals surface area contributed by atoms with Crippen LogP contribution >= 0.6 is 0 Å². The SMILES string of the molecule is CCC1(CC)c2cc3c4ccccc4c4ccccc4c3cc2-c2ccc3c(c21)c1ccccc1n3-c1cccc(-c2cc(-c3ccccc3)cc(-c3ccccc3)n2)c1. The number of aromatic nitrogens is 2. The van der Waals surface area contributed by atoms with Crippen LogP contribution in [-0.2, 0) is 5.41 Å². The number of hydrogen-bond acceptors (Lipinski definition) is 1. The normalized spacial score (nSPS) is 13.1. The summed E-state index contributed by atoms with van der Waals surface area (Å²) in [6, 6.07) is 71.4. The molecule has 12 rings (SSSR count). The Hall–Kier alpha value is -7.29. The first kappa shape index (κ1) is 34.7. The van der Waals surface area contributed by atoms with Crippen LogP contribution in [0.15, 0.2) is 194 Å². The van der Waals surface area contributed by atoms with Gasteiger partial charge in [0.25, 0.3) is 0 Å². The third kappa shape index (κ3) is 4.97. The smallest absolute Gasteiger partial charge is 0.0716 e. The number of nitrogens with zero attached hydrogens (tertiary/aromatic N) is 2. The van der Waals surface area contributed by atoms with Crippen molar-refractivity contribution >= 4 is 54.1 Å². The van der Waals surface area contributed by atoms with E-state index in [9.17, 15) is 0 Å².